The van der Waals surface area contributed by atoms with Crippen molar-refractivity contribution in [2.24, 2.45) is 0 Å². The summed E-state index contributed by atoms with van der Waals surface area (Å²) in [6.07, 6.45) is 1.60. The van der Waals surface area contributed by atoms with Gasteiger partial charge in [0.05, 0.1) is 43.1 Å². The lowest BCUT2D eigenvalue weighted by Crippen LogP contribution is -2.32. The Kier molecular flexibility index (Phi) is 6.63. The Morgan fingerprint density at radius 3 is 2.72 bits per heavy atom. The third-order valence-electron chi connectivity index (χ3n) is 4.17. The van der Waals surface area contributed by atoms with Crippen LogP contribution in [-0.4, -0.2) is 29.4 Å². The molecule has 0 bridgehead atoms. The molecule has 152 valence electrons. The maximum absolute atomic E-state index is 12.7. The molecule has 0 aliphatic rings. The van der Waals surface area contributed by atoms with Gasteiger partial charge in [-0.25, -0.2) is 0 Å². The molecule has 0 fully saturated rings. The number of thiophene rings is 1. The Labute approximate surface area is 171 Å². The van der Waals surface area contributed by atoms with Crippen molar-refractivity contribution in [1.29, 1.82) is 0 Å². The standard InChI is InChI=1S/C20H21N3O5S/c1-14-5-7-17(29-14)12-22(11-16-4-3-9-28-16)13-20(24)21-18-8-6-15(23(25)26)10-19(18)27-2/h3-10H,11-13H2,1-2H3,(H,21,24). The predicted molar refractivity (Wildman–Crippen MR) is 110 cm³/mol. The van der Waals surface area contributed by atoms with E-state index in [-0.39, 0.29) is 23.9 Å². The number of carbonyl (C=O) groups excluding carboxylic acids is 1. The zero-order valence-electron chi connectivity index (χ0n) is 16.1. The lowest BCUT2D eigenvalue weighted by Gasteiger charge is -2.20. The normalized spacial score (nSPS) is 10.9. The van der Waals surface area contributed by atoms with Gasteiger partial charge in [0.15, 0.2) is 0 Å². The molecule has 8 nitrogen and oxygen atoms in total. The summed E-state index contributed by atoms with van der Waals surface area (Å²) in [7, 11) is 1.40. The van der Waals surface area contributed by atoms with Crippen LogP contribution in [0.4, 0.5) is 11.4 Å². The molecule has 1 N–H and O–H groups in total. The number of nitrogens with zero attached hydrogens (tertiary/aromatic N) is 2. The van der Waals surface area contributed by atoms with Crippen LogP contribution in [0.2, 0.25) is 0 Å². The number of nitrogens with one attached hydrogen (secondary N) is 1. The summed E-state index contributed by atoms with van der Waals surface area (Å²) in [6.45, 7) is 3.25. The SMILES string of the molecule is COc1cc([N+](=O)[O-])ccc1NC(=O)CN(Cc1ccco1)Cc1ccc(C)s1. The predicted octanol–water partition coefficient (Wildman–Crippen LogP) is 4.21. The Hall–Kier alpha value is -3.17. The van der Waals surface area contributed by atoms with Crippen molar-refractivity contribution >= 4 is 28.6 Å². The Morgan fingerprint density at radius 1 is 1.28 bits per heavy atom. The zero-order chi connectivity index (χ0) is 20.8. The van der Waals surface area contributed by atoms with E-state index in [9.17, 15) is 14.9 Å². The maximum Gasteiger partial charge on any atom is 0.273 e. The number of hydrogen-bond acceptors (Lipinski definition) is 7. The Bertz CT molecular complexity index is 984. The van der Waals surface area contributed by atoms with Crippen LogP contribution in [0.5, 0.6) is 5.75 Å². The molecular weight excluding hydrogens is 394 g/mol. The average Bonchev–Trinajstić information content (AvgIpc) is 3.33. The molecule has 0 aliphatic carbocycles. The van der Waals surface area contributed by atoms with Crippen LogP contribution in [0.15, 0.2) is 53.1 Å². The molecular formula is C20H21N3O5S. The molecule has 9 heteroatoms. The van der Waals surface area contributed by atoms with Crippen molar-refractivity contribution in [3.63, 3.8) is 0 Å². The highest BCUT2D eigenvalue weighted by Crippen LogP contribution is 2.29. The van der Waals surface area contributed by atoms with Gasteiger partial charge in [-0.3, -0.25) is 19.8 Å². The Balaban J connectivity index is 1.71. The largest absolute Gasteiger partial charge is 0.494 e. The molecule has 0 spiro atoms. The number of ether oxygens (including phenoxy) is 1. The van der Waals surface area contributed by atoms with Crippen molar-refractivity contribution in [2.75, 3.05) is 19.0 Å². The minimum atomic E-state index is -0.512. The highest BCUT2D eigenvalue weighted by Gasteiger charge is 2.17. The molecule has 0 radical (unpaired) electrons. The summed E-state index contributed by atoms with van der Waals surface area (Å²) < 4.78 is 10.6. The lowest BCUT2D eigenvalue weighted by molar-refractivity contribution is -0.384. The number of nitro groups is 1. The second kappa shape index (κ2) is 9.35. The molecule has 0 saturated carbocycles. The van der Waals surface area contributed by atoms with E-state index in [1.165, 1.54) is 30.2 Å². The number of anilines is 1. The highest BCUT2D eigenvalue weighted by molar-refractivity contribution is 7.11. The molecule has 3 aromatic rings. The molecule has 2 aromatic heterocycles. The number of hydrogen-bond donors (Lipinski definition) is 1. The number of benzene rings is 1. The van der Waals surface area contributed by atoms with E-state index in [1.807, 2.05) is 36.1 Å². The number of amides is 1. The van der Waals surface area contributed by atoms with Gasteiger partial charge in [0, 0.05) is 22.4 Å². The monoisotopic (exact) mass is 415 g/mol. The van der Waals surface area contributed by atoms with Crippen molar-refractivity contribution in [2.45, 2.75) is 20.0 Å². The van der Waals surface area contributed by atoms with Crippen LogP contribution in [0.25, 0.3) is 0 Å². The van der Waals surface area contributed by atoms with Crippen molar-refractivity contribution in [3.8, 4) is 5.75 Å². The highest BCUT2D eigenvalue weighted by atomic mass is 32.1. The van der Waals surface area contributed by atoms with E-state index in [0.29, 0.717) is 18.8 Å². The molecule has 0 aliphatic heterocycles. The topological polar surface area (TPSA) is 97.8 Å². The van der Waals surface area contributed by atoms with Crippen LogP contribution in [0.1, 0.15) is 15.5 Å². The van der Waals surface area contributed by atoms with Gasteiger partial charge >= 0.3 is 0 Å². The van der Waals surface area contributed by atoms with Gasteiger partial charge in [-0.05, 0) is 37.3 Å². The van der Waals surface area contributed by atoms with Gasteiger partial charge in [0.2, 0.25) is 5.91 Å². The summed E-state index contributed by atoms with van der Waals surface area (Å²) in [5.74, 6) is 0.745. The van der Waals surface area contributed by atoms with Gasteiger partial charge < -0.3 is 14.5 Å². The summed E-state index contributed by atoms with van der Waals surface area (Å²) >= 11 is 1.68. The van der Waals surface area contributed by atoms with Crippen molar-refractivity contribution in [3.05, 3.63) is 74.4 Å². The van der Waals surface area contributed by atoms with Gasteiger partial charge in [0.1, 0.15) is 11.5 Å². The fourth-order valence-electron chi connectivity index (χ4n) is 2.87. The molecule has 3 rings (SSSR count). The first-order chi connectivity index (χ1) is 13.9. The minimum Gasteiger partial charge on any atom is -0.494 e. The first-order valence-electron chi connectivity index (χ1n) is 8.87. The summed E-state index contributed by atoms with van der Waals surface area (Å²) in [5.41, 5.74) is 0.278. The van der Waals surface area contributed by atoms with E-state index in [0.717, 1.165) is 10.6 Å². The molecule has 0 saturated heterocycles. The van der Waals surface area contributed by atoms with E-state index < -0.39 is 4.92 Å². The number of furan rings is 1. The molecule has 2 heterocycles. The first-order valence-corrected chi connectivity index (χ1v) is 9.68. The van der Waals surface area contributed by atoms with Crippen LogP contribution in [0.3, 0.4) is 0 Å². The van der Waals surface area contributed by atoms with Crippen molar-refractivity contribution in [1.82, 2.24) is 4.90 Å². The quantitative estimate of drug-likeness (QED) is 0.415. The van der Waals surface area contributed by atoms with E-state index in [4.69, 9.17) is 9.15 Å². The summed E-state index contributed by atoms with van der Waals surface area (Å²) in [6, 6.07) is 11.8. The molecule has 1 aromatic carbocycles. The van der Waals surface area contributed by atoms with E-state index in [1.54, 1.807) is 17.6 Å². The van der Waals surface area contributed by atoms with Gasteiger partial charge in [0.25, 0.3) is 5.69 Å². The number of nitro benzene ring substituents is 1. The van der Waals surface area contributed by atoms with Gasteiger partial charge in [-0.15, -0.1) is 11.3 Å². The number of carbonyl (C=O) groups is 1. The fraction of sp³-hybridized carbons (Fsp3) is 0.250. The second-order valence-electron chi connectivity index (χ2n) is 6.43. The van der Waals surface area contributed by atoms with Gasteiger partial charge in [-0.2, -0.15) is 0 Å². The lowest BCUT2D eigenvalue weighted by atomic mass is 10.2. The fourth-order valence-corrected chi connectivity index (χ4v) is 3.80. The Morgan fingerprint density at radius 2 is 2.10 bits per heavy atom. The minimum absolute atomic E-state index is 0.104. The summed E-state index contributed by atoms with van der Waals surface area (Å²) in [5, 5.41) is 13.7. The molecule has 1 amide bonds. The average molecular weight is 415 g/mol. The van der Waals surface area contributed by atoms with Crippen molar-refractivity contribution < 1.29 is 18.9 Å². The van der Waals surface area contributed by atoms with Crippen LogP contribution in [-0.2, 0) is 17.9 Å². The van der Waals surface area contributed by atoms with Crippen LogP contribution < -0.4 is 10.1 Å². The van der Waals surface area contributed by atoms with E-state index in [2.05, 4.69) is 5.32 Å². The van der Waals surface area contributed by atoms with Gasteiger partial charge in [-0.1, -0.05) is 0 Å². The number of aryl methyl sites for hydroxylation is 1. The number of non-ortho nitro benzene ring substituents is 1. The summed E-state index contributed by atoms with van der Waals surface area (Å²) in [4.78, 5) is 27.4. The number of rotatable bonds is 9. The van der Waals surface area contributed by atoms with Crippen LogP contribution >= 0.6 is 11.3 Å². The molecule has 0 unspecified atom stereocenters. The molecule has 29 heavy (non-hydrogen) atoms. The van der Waals surface area contributed by atoms with E-state index >= 15 is 0 Å². The van der Waals surface area contributed by atoms with Crippen LogP contribution in [0, 0.1) is 17.0 Å². The third-order valence-corrected chi connectivity index (χ3v) is 5.16. The smallest absolute Gasteiger partial charge is 0.273 e. The zero-order valence-corrected chi connectivity index (χ0v) is 16.9. The third kappa shape index (κ3) is 5.66. The second-order valence-corrected chi connectivity index (χ2v) is 7.80. The molecule has 0 atom stereocenters. The first kappa shape index (κ1) is 20.6. The maximum atomic E-state index is 12.7. The number of methoxy groups -OCH3 is 1.